The van der Waals surface area contributed by atoms with Crippen LogP contribution >= 0.6 is 11.3 Å². The van der Waals surface area contributed by atoms with Crippen LogP contribution in [-0.4, -0.2) is 11.7 Å². The smallest absolute Gasteiger partial charge is 0.128 e. The molecule has 0 aliphatic rings. The summed E-state index contributed by atoms with van der Waals surface area (Å²) in [5, 5.41) is 14.9. The van der Waals surface area contributed by atoms with Gasteiger partial charge in [-0.15, -0.1) is 11.3 Å². The van der Waals surface area contributed by atoms with E-state index < -0.39 is 6.10 Å². The minimum atomic E-state index is -0.558. The van der Waals surface area contributed by atoms with Gasteiger partial charge in [0.1, 0.15) is 11.9 Å². The van der Waals surface area contributed by atoms with Gasteiger partial charge in [-0.1, -0.05) is 12.1 Å². The predicted molar refractivity (Wildman–Crippen MR) is 68.9 cm³/mol. The molecule has 1 unspecified atom stereocenters. The van der Waals surface area contributed by atoms with Crippen molar-refractivity contribution in [1.29, 1.82) is 0 Å². The second-order valence-electron chi connectivity index (χ2n) is 3.82. The van der Waals surface area contributed by atoms with E-state index in [0.717, 1.165) is 10.6 Å². The van der Waals surface area contributed by atoms with Crippen molar-refractivity contribution in [2.45, 2.75) is 13.0 Å². The molecule has 1 aromatic heterocycles. The van der Waals surface area contributed by atoms with Crippen LogP contribution in [0.25, 0.3) is 0 Å². The number of halogens is 1. The lowest BCUT2D eigenvalue weighted by Gasteiger charge is -2.13. The normalized spacial score (nSPS) is 12.4. The number of rotatable bonds is 4. The van der Waals surface area contributed by atoms with E-state index in [2.05, 4.69) is 5.32 Å². The highest BCUT2D eigenvalue weighted by Crippen LogP contribution is 2.21. The predicted octanol–water partition coefficient (Wildman–Crippen LogP) is 3.34. The molecule has 0 aliphatic heterocycles. The van der Waals surface area contributed by atoms with E-state index in [4.69, 9.17) is 0 Å². The number of nitrogens with one attached hydrogen (secondary N) is 1. The molecule has 0 bridgehead atoms. The number of anilines is 1. The zero-order valence-corrected chi connectivity index (χ0v) is 10.3. The van der Waals surface area contributed by atoms with Crippen LogP contribution in [0.15, 0.2) is 35.7 Å². The molecule has 0 radical (unpaired) electrons. The topological polar surface area (TPSA) is 32.3 Å². The van der Waals surface area contributed by atoms with Gasteiger partial charge in [-0.2, -0.15) is 0 Å². The molecule has 2 N–H and O–H groups in total. The van der Waals surface area contributed by atoms with Gasteiger partial charge in [0.25, 0.3) is 0 Å². The van der Waals surface area contributed by atoms with E-state index in [-0.39, 0.29) is 5.82 Å². The average molecular weight is 251 g/mol. The average Bonchev–Trinajstić information content (AvgIpc) is 2.84. The first-order valence-corrected chi connectivity index (χ1v) is 6.27. The molecule has 0 amide bonds. The van der Waals surface area contributed by atoms with Gasteiger partial charge >= 0.3 is 0 Å². The Bertz CT molecular complexity index is 484. The zero-order chi connectivity index (χ0) is 12.3. The molecule has 4 heteroatoms. The summed E-state index contributed by atoms with van der Waals surface area (Å²) in [4.78, 5) is 0.909. The summed E-state index contributed by atoms with van der Waals surface area (Å²) >= 11 is 1.51. The van der Waals surface area contributed by atoms with Crippen molar-refractivity contribution >= 4 is 17.0 Å². The Morgan fingerprint density at radius 2 is 2.18 bits per heavy atom. The van der Waals surface area contributed by atoms with Crippen LogP contribution in [0.3, 0.4) is 0 Å². The number of hydrogen-bond acceptors (Lipinski definition) is 3. The van der Waals surface area contributed by atoms with Crippen LogP contribution in [0.2, 0.25) is 0 Å². The van der Waals surface area contributed by atoms with Gasteiger partial charge < -0.3 is 10.4 Å². The Morgan fingerprint density at radius 3 is 2.88 bits per heavy atom. The first-order chi connectivity index (χ1) is 8.18. The van der Waals surface area contributed by atoms with E-state index in [0.29, 0.717) is 12.1 Å². The van der Waals surface area contributed by atoms with Gasteiger partial charge in [-0.25, -0.2) is 4.39 Å². The molecule has 2 rings (SSSR count). The standard InChI is InChI=1S/C13H14FNOS/c1-9-10(14)4-2-5-11(9)15-8-12(16)13-6-3-7-17-13/h2-7,12,15-16H,8H2,1H3. The molecule has 0 saturated carbocycles. The van der Waals surface area contributed by atoms with E-state index in [1.54, 1.807) is 19.1 Å². The lowest BCUT2D eigenvalue weighted by molar-refractivity contribution is 0.195. The third kappa shape index (κ3) is 2.84. The molecule has 1 aromatic carbocycles. The van der Waals surface area contributed by atoms with Crippen LogP contribution in [0.1, 0.15) is 16.5 Å². The lowest BCUT2D eigenvalue weighted by Crippen LogP contribution is -2.12. The minimum Gasteiger partial charge on any atom is -0.386 e. The van der Waals surface area contributed by atoms with Crippen molar-refractivity contribution in [3.8, 4) is 0 Å². The van der Waals surface area contributed by atoms with Crippen LogP contribution in [0.5, 0.6) is 0 Å². The first kappa shape index (κ1) is 12.1. The van der Waals surface area contributed by atoms with Crippen molar-refractivity contribution in [3.63, 3.8) is 0 Å². The van der Waals surface area contributed by atoms with Gasteiger partial charge in [-0.3, -0.25) is 0 Å². The van der Waals surface area contributed by atoms with Crippen LogP contribution in [0, 0.1) is 12.7 Å². The van der Waals surface area contributed by atoms with Crippen LogP contribution < -0.4 is 5.32 Å². The summed E-state index contributed by atoms with van der Waals surface area (Å²) in [5.74, 6) is -0.236. The van der Waals surface area contributed by atoms with Gasteiger partial charge in [0.15, 0.2) is 0 Å². The second-order valence-corrected chi connectivity index (χ2v) is 4.80. The second kappa shape index (κ2) is 5.29. The molecule has 2 aromatic rings. The third-order valence-electron chi connectivity index (χ3n) is 2.63. The quantitative estimate of drug-likeness (QED) is 0.873. The molecule has 0 spiro atoms. The lowest BCUT2D eigenvalue weighted by atomic mass is 10.2. The number of aliphatic hydroxyl groups is 1. The van der Waals surface area contributed by atoms with Crippen molar-refractivity contribution in [3.05, 3.63) is 52.0 Å². The van der Waals surface area contributed by atoms with Gasteiger partial charge in [0, 0.05) is 22.7 Å². The SMILES string of the molecule is Cc1c(F)cccc1NCC(O)c1cccs1. The maximum absolute atomic E-state index is 13.3. The molecule has 0 saturated heterocycles. The summed E-state index contributed by atoms with van der Waals surface area (Å²) in [7, 11) is 0. The molecular formula is C13H14FNOS. The fourth-order valence-corrected chi connectivity index (χ4v) is 2.30. The Labute approximate surface area is 104 Å². The highest BCUT2D eigenvalue weighted by atomic mass is 32.1. The highest BCUT2D eigenvalue weighted by molar-refractivity contribution is 7.10. The molecule has 0 aliphatic carbocycles. The Hall–Kier alpha value is -1.39. The number of hydrogen-bond donors (Lipinski definition) is 2. The molecule has 2 nitrogen and oxygen atoms in total. The van der Waals surface area contributed by atoms with Gasteiger partial charge in [0.05, 0.1) is 0 Å². The molecule has 0 fully saturated rings. The first-order valence-electron chi connectivity index (χ1n) is 5.39. The van der Waals surface area contributed by atoms with Crippen molar-refractivity contribution in [2.24, 2.45) is 0 Å². The van der Waals surface area contributed by atoms with E-state index in [1.165, 1.54) is 17.4 Å². The third-order valence-corrected chi connectivity index (χ3v) is 3.60. The summed E-state index contributed by atoms with van der Waals surface area (Å²) < 4.78 is 13.3. The summed E-state index contributed by atoms with van der Waals surface area (Å²) in [5.41, 5.74) is 1.30. The van der Waals surface area contributed by atoms with E-state index in [9.17, 15) is 9.50 Å². The summed E-state index contributed by atoms with van der Waals surface area (Å²) in [6.45, 7) is 2.10. The summed E-state index contributed by atoms with van der Waals surface area (Å²) in [6, 6.07) is 8.67. The van der Waals surface area contributed by atoms with Crippen molar-refractivity contribution in [1.82, 2.24) is 0 Å². The van der Waals surface area contributed by atoms with E-state index >= 15 is 0 Å². The maximum atomic E-state index is 13.3. The number of thiophene rings is 1. The fourth-order valence-electron chi connectivity index (χ4n) is 1.59. The van der Waals surface area contributed by atoms with Gasteiger partial charge in [-0.05, 0) is 30.5 Å². The Balaban J connectivity index is 2.00. The molecule has 1 atom stereocenters. The minimum absolute atomic E-state index is 0.236. The summed E-state index contributed by atoms with van der Waals surface area (Å²) in [6.07, 6.45) is -0.558. The zero-order valence-electron chi connectivity index (χ0n) is 9.48. The monoisotopic (exact) mass is 251 g/mol. The molecule has 1 heterocycles. The Morgan fingerprint density at radius 1 is 1.35 bits per heavy atom. The largest absolute Gasteiger partial charge is 0.386 e. The highest BCUT2D eigenvalue weighted by Gasteiger charge is 2.09. The maximum Gasteiger partial charge on any atom is 0.128 e. The number of benzene rings is 1. The van der Waals surface area contributed by atoms with Crippen molar-refractivity contribution in [2.75, 3.05) is 11.9 Å². The fraction of sp³-hybridized carbons (Fsp3) is 0.231. The van der Waals surface area contributed by atoms with Crippen LogP contribution in [-0.2, 0) is 0 Å². The molecular weight excluding hydrogens is 237 g/mol. The van der Waals surface area contributed by atoms with E-state index in [1.807, 2.05) is 17.5 Å². The van der Waals surface area contributed by atoms with Gasteiger partial charge in [0.2, 0.25) is 0 Å². The van der Waals surface area contributed by atoms with Crippen molar-refractivity contribution < 1.29 is 9.50 Å². The molecule has 17 heavy (non-hydrogen) atoms. The Kier molecular flexibility index (Phi) is 3.76. The molecule has 90 valence electrons. The van der Waals surface area contributed by atoms with Crippen LogP contribution in [0.4, 0.5) is 10.1 Å². The number of aliphatic hydroxyl groups excluding tert-OH is 1.